The van der Waals surface area contributed by atoms with Crippen molar-refractivity contribution >= 4 is 5.97 Å². The van der Waals surface area contributed by atoms with Gasteiger partial charge in [0.25, 0.3) is 0 Å². The summed E-state index contributed by atoms with van der Waals surface area (Å²) in [6.45, 7) is 3.28. The van der Waals surface area contributed by atoms with Gasteiger partial charge in [0.1, 0.15) is 17.4 Å². The van der Waals surface area contributed by atoms with E-state index in [1.54, 1.807) is 12.1 Å². The van der Waals surface area contributed by atoms with E-state index in [4.69, 9.17) is 9.84 Å². The standard InChI is InChI=1S/C12H13N3O3/c1-8-13-14-9(2)15(8)10-5-3-4-6-11(10)18-7-12(16)17/h3-6H,7H2,1-2H3,(H,16,17). The third kappa shape index (κ3) is 2.32. The van der Waals surface area contributed by atoms with Crippen LogP contribution in [0.5, 0.6) is 5.75 Å². The molecule has 0 bridgehead atoms. The molecule has 0 saturated carbocycles. The zero-order valence-electron chi connectivity index (χ0n) is 10.1. The normalized spacial score (nSPS) is 10.3. The highest BCUT2D eigenvalue weighted by atomic mass is 16.5. The fourth-order valence-electron chi connectivity index (χ4n) is 1.72. The van der Waals surface area contributed by atoms with Crippen molar-refractivity contribution in [3.05, 3.63) is 35.9 Å². The Morgan fingerprint density at radius 3 is 2.50 bits per heavy atom. The number of para-hydroxylation sites is 2. The zero-order valence-corrected chi connectivity index (χ0v) is 10.1. The third-order valence-corrected chi connectivity index (χ3v) is 2.44. The van der Waals surface area contributed by atoms with Gasteiger partial charge >= 0.3 is 5.97 Å². The lowest BCUT2D eigenvalue weighted by atomic mass is 10.3. The number of nitrogens with zero attached hydrogens (tertiary/aromatic N) is 3. The molecular weight excluding hydrogens is 234 g/mol. The van der Waals surface area contributed by atoms with Crippen LogP contribution in [0.3, 0.4) is 0 Å². The van der Waals surface area contributed by atoms with Crippen LogP contribution in [0, 0.1) is 13.8 Å². The van der Waals surface area contributed by atoms with Crippen molar-refractivity contribution in [1.29, 1.82) is 0 Å². The van der Waals surface area contributed by atoms with E-state index in [0.29, 0.717) is 5.75 Å². The molecule has 0 aliphatic rings. The van der Waals surface area contributed by atoms with Gasteiger partial charge in [-0.05, 0) is 26.0 Å². The number of aliphatic carboxylic acids is 1. The first-order chi connectivity index (χ1) is 8.59. The van der Waals surface area contributed by atoms with Gasteiger partial charge in [0.2, 0.25) is 0 Å². The van der Waals surface area contributed by atoms with Crippen LogP contribution >= 0.6 is 0 Å². The topological polar surface area (TPSA) is 77.2 Å². The molecule has 1 aromatic carbocycles. The molecule has 6 heteroatoms. The third-order valence-electron chi connectivity index (χ3n) is 2.44. The number of aromatic nitrogens is 3. The minimum atomic E-state index is -1.01. The van der Waals surface area contributed by atoms with E-state index in [1.165, 1.54) is 0 Å². The van der Waals surface area contributed by atoms with Gasteiger partial charge in [0.15, 0.2) is 6.61 Å². The van der Waals surface area contributed by atoms with E-state index in [1.807, 2.05) is 30.5 Å². The SMILES string of the molecule is Cc1nnc(C)n1-c1ccccc1OCC(=O)O. The van der Waals surface area contributed by atoms with E-state index in [2.05, 4.69) is 10.2 Å². The Morgan fingerprint density at radius 2 is 1.89 bits per heavy atom. The van der Waals surface area contributed by atoms with Crippen molar-refractivity contribution in [2.24, 2.45) is 0 Å². The number of carbonyl (C=O) groups is 1. The Hall–Kier alpha value is -2.37. The first-order valence-corrected chi connectivity index (χ1v) is 5.42. The second-order valence-electron chi connectivity index (χ2n) is 3.78. The van der Waals surface area contributed by atoms with Crippen LogP contribution in [0.15, 0.2) is 24.3 Å². The number of carboxylic acids is 1. The minimum absolute atomic E-state index is 0.378. The van der Waals surface area contributed by atoms with Gasteiger partial charge in [-0.2, -0.15) is 0 Å². The molecule has 2 aromatic rings. The summed E-state index contributed by atoms with van der Waals surface area (Å²) in [4.78, 5) is 10.5. The molecule has 0 atom stereocenters. The second-order valence-corrected chi connectivity index (χ2v) is 3.78. The summed E-state index contributed by atoms with van der Waals surface area (Å²) in [5.41, 5.74) is 0.735. The largest absolute Gasteiger partial charge is 0.480 e. The summed E-state index contributed by atoms with van der Waals surface area (Å²) in [6, 6.07) is 7.19. The smallest absolute Gasteiger partial charge is 0.341 e. The van der Waals surface area contributed by atoms with Gasteiger partial charge in [-0.3, -0.25) is 4.57 Å². The molecule has 18 heavy (non-hydrogen) atoms. The maximum absolute atomic E-state index is 10.5. The zero-order chi connectivity index (χ0) is 13.1. The van der Waals surface area contributed by atoms with E-state index in [9.17, 15) is 4.79 Å². The molecule has 0 spiro atoms. The number of hydrogen-bond acceptors (Lipinski definition) is 4. The number of rotatable bonds is 4. The molecule has 1 aromatic heterocycles. The van der Waals surface area contributed by atoms with Gasteiger partial charge in [0.05, 0.1) is 5.69 Å². The van der Waals surface area contributed by atoms with E-state index in [0.717, 1.165) is 17.3 Å². The average molecular weight is 247 g/mol. The van der Waals surface area contributed by atoms with Crippen molar-refractivity contribution in [2.45, 2.75) is 13.8 Å². The van der Waals surface area contributed by atoms with Crippen molar-refractivity contribution in [3.63, 3.8) is 0 Å². The Labute approximate surface area is 104 Å². The fraction of sp³-hybridized carbons (Fsp3) is 0.250. The molecule has 0 unspecified atom stereocenters. The predicted molar refractivity (Wildman–Crippen MR) is 64.0 cm³/mol. The number of benzene rings is 1. The van der Waals surface area contributed by atoms with Crippen molar-refractivity contribution in [3.8, 4) is 11.4 Å². The summed E-state index contributed by atoms with van der Waals surface area (Å²) < 4.78 is 7.07. The molecule has 0 saturated heterocycles. The van der Waals surface area contributed by atoms with Crippen LogP contribution in [-0.2, 0) is 4.79 Å². The molecule has 0 aliphatic carbocycles. The first kappa shape index (κ1) is 12.1. The maximum Gasteiger partial charge on any atom is 0.341 e. The molecule has 94 valence electrons. The van der Waals surface area contributed by atoms with Crippen LogP contribution < -0.4 is 4.74 Å². The van der Waals surface area contributed by atoms with Crippen molar-refractivity contribution in [2.75, 3.05) is 6.61 Å². The van der Waals surface area contributed by atoms with Crippen LogP contribution in [0.25, 0.3) is 5.69 Å². The molecule has 1 N–H and O–H groups in total. The molecule has 0 aliphatic heterocycles. The average Bonchev–Trinajstić information content (AvgIpc) is 2.67. The Bertz CT molecular complexity index is 558. The highest BCUT2D eigenvalue weighted by Gasteiger charge is 2.12. The van der Waals surface area contributed by atoms with Crippen molar-refractivity contribution < 1.29 is 14.6 Å². The monoisotopic (exact) mass is 247 g/mol. The van der Waals surface area contributed by atoms with E-state index in [-0.39, 0.29) is 6.61 Å². The highest BCUT2D eigenvalue weighted by molar-refractivity contribution is 5.68. The highest BCUT2D eigenvalue weighted by Crippen LogP contribution is 2.24. The Morgan fingerprint density at radius 1 is 1.28 bits per heavy atom. The summed E-state index contributed by atoms with van der Waals surface area (Å²) in [7, 11) is 0. The van der Waals surface area contributed by atoms with Gasteiger partial charge < -0.3 is 9.84 Å². The molecule has 6 nitrogen and oxygen atoms in total. The molecule has 2 rings (SSSR count). The summed E-state index contributed by atoms with van der Waals surface area (Å²) >= 11 is 0. The molecule has 1 heterocycles. The van der Waals surface area contributed by atoms with E-state index < -0.39 is 5.97 Å². The van der Waals surface area contributed by atoms with Crippen LogP contribution in [-0.4, -0.2) is 32.4 Å². The predicted octanol–water partition coefficient (Wildman–Crippen LogP) is 1.35. The quantitative estimate of drug-likeness (QED) is 0.882. The molecule has 0 fully saturated rings. The number of ether oxygens (including phenoxy) is 1. The number of hydrogen-bond donors (Lipinski definition) is 1. The summed E-state index contributed by atoms with van der Waals surface area (Å²) in [5, 5.41) is 16.6. The maximum atomic E-state index is 10.5. The van der Waals surface area contributed by atoms with Gasteiger partial charge in [-0.25, -0.2) is 4.79 Å². The molecular formula is C12H13N3O3. The first-order valence-electron chi connectivity index (χ1n) is 5.42. The lowest BCUT2D eigenvalue weighted by Crippen LogP contribution is -2.11. The second kappa shape index (κ2) is 4.87. The summed E-state index contributed by atoms with van der Waals surface area (Å²) in [5.74, 6) is 0.922. The summed E-state index contributed by atoms with van der Waals surface area (Å²) in [6.07, 6.45) is 0. The van der Waals surface area contributed by atoms with Gasteiger partial charge in [-0.1, -0.05) is 12.1 Å². The Kier molecular flexibility index (Phi) is 3.27. The van der Waals surface area contributed by atoms with Gasteiger partial charge in [0, 0.05) is 0 Å². The minimum Gasteiger partial charge on any atom is -0.480 e. The van der Waals surface area contributed by atoms with Crippen molar-refractivity contribution in [1.82, 2.24) is 14.8 Å². The van der Waals surface area contributed by atoms with Crippen LogP contribution in [0.1, 0.15) is 11.6 Å². The van der Waals surface area contributed by atoms with Crippen LogP contribution in [0.2, 0.25) is 0 Å². The number of aryl methyl sites for hydroxylation is 2. The number of carboxylic acid groups (broad SMARTS) is 1. The lowest BCUT2D eigenvalue weighted by Gasteiger charge is -2.12. The van der Waals surface area contributed by atoms with Crippen LogP contribution in [0.4, 0.5) is 0 Å². The lowest BCUT2D eigenvalue weighted by molar-refractivity contribution is -0.139. The van der Waals surface area contributed by atoms with Gasteiger partial charge in [-0.15, -0.1) is 10.2 Å². The molecule has 0 amide bonds. The fourth-order valence-corrected chi connectivity index (χ4v) is 1.72. The molecule has 0 radical (unpaired) electrons. The van der Waals surface area contributed by atoms with E-state index >= 15 is 0 Å². The Balaban J connectivity index is 2.42.